The highest BCUT2D eigenvalue weighted by atomic mass is 16.1. The molecule has 60 valence electrons. The van der Waals surface area contributed by atoms with E-state index in [4.69, 9.17) is 5.73 Å². The van der Waals surface area contributed by atoms with Gasteiger partial charge in [-0.05, 0) is 12.2 Å². The van der Waals surface area contributed by atoms with Crippen LogP contribution in [0.2, 0.25) is 0 Å². The number of primary amides is 1. The van der Waals surface area contributed by atoms with E-state index in [1.807, 2.05) is 26.4 Å². The van der Waals surface area contributed by atoms with Gasteiger partial charge in [-0.25, -0.2) is 0 Å². The number of carbonyl (C=O) groups is 1. The first-order valence-electron chi connectivity index (χ1n) is 3.52. The van der Waals surface area contributed by atoms with Crippen LogP contribution >= 0.6 is 0 Å². The Bertz CT molecular complexity index is 238. The molecule has 0 radical (unpaired) electrons. The van der Waals surface area contributed by atoms with Gasteiger partial charge in [-0.2, -0.15) is 0 Å². The van der Waals surface area contributed by atoms with E-state index in [0.29, 0.717) is 16.6 Å². The summed E-state index contributed by atoms with van der Waals surface area (Å²) in [6.07, 6.45) is 5.65. The molecule has 0 spiro atoms. The highest BCUT2D eigenvalue weighted by Crippen LogP contribution is 2.10. The fourth-order valence-corrected chi connectivity index (χ4v) is 1.10. The number of nitrogens with two attached hydrogens (primary N) is 1. The molecule has 0 unspecified atom stereocenters. The average Bonchev–Trinajstić information content (AvgIpc) is 1.85. The van der Waals surface area contributed by atoms with Crippen molar-refractivity contribution in [3.05, 3.63) is 23.9 Å². The number of allylic oxidation sites excluding steroid dienone is 2. The van der Waals surface area contributed by atoms with Crippen molar-refractivity contribution < 1.29 is 9.28 Å². The van der Waals surface area contributed by atoms with Crippen molar-refractivity contribution in [3.8, 4) is 0 Å². The number of carbonyl (C=O) groups excluding carboxylic acids is 1. The van der Waals surface area contributed by atoms with E-state index in [-0.39, 0.29) is 5.91 Å². The smallest absolute Gasteiger partial charge is 0.250 e. The molecule has 2 N–H and O–H groups in total. The molecule has 0 saturated heterocycles. The first-order chi connectivity index (χ1) is 5.01. The molecule has 0 saturated carbocycles. The van der Waals surface area contributed by atoms with Crippen molar-refractivity contribution in [3.63, 3.8) is 0 Å². The Morgan fingerprint density at radius 2 is 2.27 bits per heavy atom. The number of hydrogen-bond donors (Lipinski definition) is 1. The molecule has 3 heteroatoms. The molecule has 1 heterocycles. The van der Waals surface area contributed by atoms with Gasteiger partial charge in [0.2, 0.25) is 5.91 Å². The van der Waals surface area contributed by atoms with Gasteiger partial charge in [0.15, 0.2) is 0 Å². The van der Waals surface area contributed by atoms with Crippen LogP contribution in [0, 0.1) is 0 Å². The lowest BCUT2D eigenvalue weighted by Crippen LogP contribution is -2.39. The first-order valence-corrected chi connectivity index (χ1v) is 3.52. The number of likely N-dealkylation sites (N-methyl/N-ethyl adjacent to an activating group) is 1. The van der Waals surface area contributed by atoms with Crippen molar-refractivity contribution in [2.45, 2.75) is 0 Å². The Kier molecular flexibility index (Phi) is 1.83. The molecule has 1 rings (SSSR count). The molecular weight excluding hydrogens is 140 g/mol. The van der Waals surface area contributed by atoms with E-state index in [1.165, 1.54) is 0 Å². The van der Waals surface area contributed by atoms with Gasteiger partial charge in [0.1, 0.15) is 6.54 Å². The zero-order chi connectivity index (χ0) is 8.48. The summed E-state index contributed by atoms with van der Waals surface area (Å²) < 4.78 is 0.689. The Morgan fingerprint density at radius 3 is 2.64 bits per heavy atom. The second kappa shape index (κ2) is 2.51. The second-order valence-corrected chi connectivity index (χ2v) is 3.33. The van der Waals surface area contributed by atoms with Crippen LogP contribution in [0.4, 0.5) is 0 Å². The van der Waals surface area contributed by atoms with Gasteiger partial charge in [-0.1, -0.05) is 0 Å². The van der Waals surface area contributed by atoms with Crippen LogP contribution in [-0.4, -0.2) is 31.0 Å². The first kappa shape index (κ1) is 8.01. The molecular formula is C8H13N2O+. The fourth-order valence-electron chi connectivity index (χ4n) is 1.10. The largest absolute Gasteiger partial charge is 0.366 e. The van der Waals surface area contributed by atoms with Crippen LogP contribution in [0.1, 0.15) is 0 Å². The summed E-state index contributed by atoms with van der Waals surface area (Å²) in [4.78, 5) is 10.8. The van der Waals surface area contributed by atoms with Crippen molar-refractivity contribution >= 4 is 5.91 Å². The average molecular weight is 153 g/mol. The normalized spacial score (nSPS) is 21.1. The summed E-state index contributed by atoms with van der Waals surface area (Å²) in [5, 5.41) is 0. The van der Waals surface area contributed by atoms with Crippen LogP contribution in [-0.2, 0) is 4.79 Å². The predicted molar refractivity (Wildman–Crippen MR) is 43.4 cm³/mol. The van der Waals surface area contributed by atoms with Crippen LogP contribution in [0.3, 0.4) is 0 Å². The topological polar surface area (TPSA) is 43.1 Å². The number of amides is 1. The van der Waals surface area contributed by atoms with Gasteiger partial charge in [0.05, 0.1) is 25.9 Å². The van der Waals surface area contributed by atoms with Crippen molar-refractivity contribution in [1.29, 1.82) is 0 Å². The number of hydrogen-bond acceptors (Lipinski definition) is 1. The van der Waals surface area contributed by atoms with E-state index >= 15 is 0 Å². The van der Waals surface area contributed by atoms with E-state index in [0.717, 1.165) is 0 Å². The molecule has 11 heavy (non-hydrogen) atoms. The van der Waals surface area contributed by atoms with Crippen LogP contribution in [0.5, 0.6) is 0 Å². The summed E-state index contributed by atoms with van der Waals surface area (Å²) in [6, 6.07) is 0. The second-order valence-electron chi connectivity index (χ2n) is 3.33. The van der Waals surface area contributed by atoms with Crippen molar-refractivity contribution in [2.75, 3.05) is 20.6 Å². The maximum Gasteiger partial charge on any atom is 0.250 e. The lowest BCUT2D eigenvalue weighted by atomic mass is 10.1. The van der Waals surface area contributed by atoms with E-state index in [1.54, 1.807) is 6.08 Å². The zero-order valence-electron chi connectivity index (χ0n) is 6.87. The molecule has 3 nitrogen and oxygen atoms in total. The van der Waals surface area contributed by atoms with Gasteiger partial charge in [-0.15, -0.1) is 0 Å². The van der Waals surface area contributed by atoms with Gasteiger partial charge in [0, 0.05) is 0 Å². The molecule has 0 aromatic rings. The monoisotopic (exact) mass is 153 g/mol. The molecule has 0 bridgehead atoms. The molecule has 1 aliphatic heterocycles. The molecule has 0 fully saturated rings. The SMILES string of the molecule is C[N+]1(C)C=CC=C(C(N)=O)C1. The molecule has 1 amide bonds. The Hall–Kier alpha value is -1.09. The summed E-state index contributed by atoms with van der Waals surface area (Å²) in [5.74, 6) is -0.319. The standard InChI is InChI=1S/C8H12N2O/c1-10(2)5-3-4-7(6-10)8(9)11/h3-5H,6H2,1-2H3,(H-,9,11)/p+1. The fraction of sp³-hybridized carbons (Fsp3) is 0.375. The molecule has 0 atom stereocenters. The van der Waals surface area contributed by atoms with Crippen LogP contribution in [0.15, 0.2) is 23.9 Å². The Balaban J connectivity index is 2.81. The number of nitrogens with zero attached hydrogens (tertiary/aromatic N) is 1. The van der Waals surface area contributed by atoms with Gasteiger partial charge < -0.3 is 5.73 Å². The van der Waals surface area contributed by atoms with Crippen LogP contribution < -0.4 is 5.73 Å². The lowest BCUT2D eigenvalue weighted by molar-refractivity contribution is -0.834. The summed E-state index contributed by atoms with van der Waals surface area (Å²) in [7, 11) is 4.04. The predicted octanol–water partition coefficient (Wildman–Crippen LogP) is 0.00180. The maximum atomic E-state index is 10.8. The minimum Gasteiger partial charge on any atom is -0.366 e. The van der Waals surface area contributed by atoms with E-state index in [9.17, 15) is 4.79 Å². The Morgan fingerprint density at radius 1 is 1.64 bits per heavy atom. The third-order valence-corrected chi connectivity index (χ3v) is 1.68. The maximum absolute atomic E-state index is 10.8. The molecule has 0 aromatic carbocycles. The van der Waals surface area contributed by atoms with Crippen molar-refractivity contribution in [2.24, 2.45) is 5.73 Å². The minimum atomic E-state index is -0.319. The van der Waals surface area contributed by atoms with E-state index < -0.39 is 0 Å². The summed E-state index contributed by atoms with van der Waals surface area (Å²) in [5.41, 5.74) is 5.83. The Labute approximate surface area is 66.4 Å². The number of rotatable bonds is 1. The quantitative estimate of drug-likeness (QED) is 0.529. The molecule has 0 aliphatic carbocycles. The highest BCUT2D eigenvalue weighted by molar-refractivity contribution is 5.92. The van der Waals surface area contributed by atoms with Crippen LogP contribution in [0.25, 0.3) is 0 Å². The van der Waals surface area contributed by atoms with Gasteiger partial charge in [-0.3, -0.25) is 9.28 Å². The van der Waals surface area contributed by atoms with Gasteiger partial charge >= 0.3 is 0 Å². The third-order valence-electron chi connectivity index (χ3n) is 1.68. The highest BCUT2D eigenvalue weighted by Gasteiger charge is 2.20. The molecule has 1 aliphatic rings. The number of quaternary nitrogens is 1. The van der Waals surface area contributed by atoms with Crippen molar-refractivity contribution in [1.82, 2.24) is 0 Å². The summed E-state index contributed by atoms with van der Waals surface area (Å²) in [6.45, 7) is 0.686. The van der Waals surface area contributed by atoms with E-state index in [2.05, 4.69) is 0 Å². The minimum absolute atomic E-state index is 0.319. The molecule has 0 aromatic heterocycles. The zero-order valence-corrected chi connectivity index (χ0v) is 6.87. The third kappa shape index (κ3) is 1.91. The lowest BCUT2D eigenvalue weighted by Gasteiger charge is -2.27. The summed E-state index contributed by atoms with van der Waals surface area (Å²) >= 11 is 0. The van der Waals surface area contributed by atoms with Gasteiger partial charge in [0.25, 0.3) is 0 Å².